The van der Waals surface area contributed by atoms with Crippen LogP contribution in [-0.4, -0.2) is 22.0 Å². The number of aromatic nitrogens is 2. The molecule has 31 heavy (non-hydrogen) atoms. The van der Waals surface area contributed by atoms with Gasteiger partial charge in [0.1, 0.15) is 28.6 Å². The predicted octanol–water partition coefficient (Wildman–Crippen LogP) is 4.76. The third-order valence-electron chi connectivity index (χ3n) is 4.70. The largest absolute Gasteiger partial charge is 0.382 e. The number of thiazole rings is 1. The van der Waals surface area contributed by atoms with Crippen molar-refractivity contribution in [1.29, 1.82) is 0 Å². The van der Waals surface area contributed by atoms with Gasteiger partial charge in [-0.05, 0) is 25.0 Å². The molecule has 4 rings (SSSR count). The van der Waals surface area contributed by atoms with Crippen LogP contribution in [0.2, 0.25) is 0 Å². The summed E-state index contributed by atoms with van der Waals surface area (Å²) < 4.78 is 32.1. The molecule has 1 fully saturated rings. The molecular formula is C20H23F2N5O2S2. The summed E-state index contributed by atoms with van der Waals surface area (Å²) in [6.07, 6.45) is 7.17. The minimum atomic E-state index is -0.899. The fourth-order valence-electron chi connectivity index (χ4n) is 3.20. The Hall–Kier alpha value is -2.50. The standard InChI is InChI=1S/C16H17F2N3OS.C4H6N2OS/c17-10-7-4-8-11(18)12(10)13(22)14-15(19)21-16(23-14)20-9-5-2-1-3-6-9;5-8-3-4-1-2-7-6-4/h4,7-9H,1-3,5-6,19H2,(H,20,21);1-2H,3,5H2. The van der Waals surface area contributed by atoms with Gasteiger partial charge in [-0.2, -0.15) is 0 Å². The molecule has 5 N–H and O–H groups in total. The zero-order valence-electron chi connectivity index (χ0n) is 16.6. The number of anilines is 2. The molecule has 0 aliphatic heterocycles. The summed E-state index contributed by atoms with van der Waals surface area (Å²) in [4.78, 5) is 16.6. The summed E-state index contributed by atoms with van der Waals surface area (Å²) in [7, 11) is 0. The number of carbonyl (C=O) groups is 1. The first kappa shape index (κ1) is 23.2. The normalized spacial score (nSPS) is 14.0. The van der Waals surface area contributed by atoms with Crippen LogP contribution >= 0.6 is 23.3 Å². The van der Waals surface area contributed by atoms with Gasteiger partial charge in [0.2, 0.25) is 5.78 Å². The lowest BCUT2D eigenvalue weighted by atomic mass is 9.96. The van der Waals surface area contributed by atoms with Crippen molar-refractivity contribution >= 4 is 40.0 Å². The minimum Gasteiger partial charge on any atom is -0.382 e. The van der Waals surface area contributed by atoms with Crippen molar-refractivity contribution in [2.24, 2.45) is 5.14 Å². The van der Waals surface area contributed by atoms with E-state index in [4.69, 9.17) is 10.9 Å². The van der Waals surface area contributed by atoms with Crippen LogP contribution in [0.5, 0.6) is 0 Å². The van der Waals surface area contributed by atoms with Gasteiger partial charge in [0, 0.05) is 12.1 Å². The van der Waals surface area contributed by atoms with Crippen molar-refractivity contribution in [3.63, 3.8) is 0 Å². The average Bonchev–Trinajstić information content (AvgIpc) is 3.39. The van der Waals surface area contributed by atoms with Gasteiger partial charge in [0.05, 0.1) is 17.0 Å². The maximum Gasteiger partial charge on any atom is 0.212 e. The number of hydrogen-bond acceptors (Lipinski definition) is 9. The predicted molar refractivity (Wildman–Crippen MR) is 119 cm³/mol. The number of halogens is 2. The maximum atomic E-state index is 13.8. The Morgan fingerprint density at radius 2 is 1.94 bits per heavy atom. The minimum absolute atomic E-state index is 0.000891. The molecule has 0 spiro atoms. The molecule has 0 atom stereocenters. The highest BCUT2D eigenvalue weighted by atomic mass is 32.2. The number of nitrogens with zero attached hydrogens (tertiary/aromatic N) is 2. The molecule has 0 unspecified atom stereocenters. The lowest BCUT2D eigenvalue weighted by Crippen LogP contribution is -2.22. The molecule has 0 bridgehead atoms. The van der Waals surface area contributed by atoms with E-state index in [1.54, 1.807) is 6.07 Å². The van der Waals surface area contributed by atoms with E-state index in [0.29, 0.717) is 11.2 Å². The molecule has 7 nitrogen and oxygen atoms in total. The van der Waals surface area contributed by atoms with Gasteiger partial charge in [-0.1, -0.05) is 53.8 Å². The number of nitrogens with one attached hydrogen (secondary N) is 1. The number of ketones is 1. The van der Waals surface area contributed by atoms with Gasteiger partial charge in [-0.3, -0.25) is 9.93 Å². The zero-order chi connectivity index (χ0) is 22.2. The number of nitrogen functional groups attached to an aromatic ring is 1. The third kappa shape index (κ3) is 6.25. The Balaban J connectivity index is 0.000000287. The topological polar surface area (TPSA) is 120 Å². The van der Waals surface area contributed by atoms with Gasteiger partial charge < -0.3 is 15.6 Å². The Morgan fingerprint density at radius 1 is 1.23 bits per heavy atom. The van der Waals surface area contributed by atoms with Crippen molar-refractivity contribution in [3.05, 3.63) is 58.3 Å². The summed E-state index contributed by atoms with van der Waals surface area (Å²) in [6, 6.07) is 5.42. The quantitative estimate of drug-likeness (QED) is 0.351. The SMILES string of the molecule is NSCc1ccon1.Nc1nc(NC2CCCCC2)sc1C(=O)c1c(F)cccc1F. The van der Waals surface area contributed by atoms with Crippen LogP contribution in [0.1, 0.15) is 53.0 Å². The fourth-order valence-corrected chi connectivity index (χ4v) is 4.43. The smallest absolute Gasteiger partial charge is 0.212 e. The number of benzene rings is 1. The second-order valence-corrected chi connectivity index (χ2v) is 8.56. The summed E-state index contributed by atoms with van der Waals surface area (Å²) in [6.45, 7) is 0. The molecule has 1 aromatic carbocycles. The summed E-state index contributed by atoms with van der Waals surface area (Å²) in [5.74, 6) is -1.85. The molecule has 2 aromatic heterocycles. The molecule has 1 saturated carbocycles. The van der Waals surface area contributed by atoms with Gasteiger partial charge in [0.25, 0.3) is 0 Å². The first-order chi connectivity index (χ1) is 15.0. The first-order valence-corrected chi connectivity index (χ1v) is 11.6. The molecule has 1 aliphatic rings. The van der Waals surface area contributed by atoms with Gasteiger partial charge in [-0.25, -0.2) is 13.8 Å². The Kier molecular flexibility index (Phi) is 8.38. The second kappa shape index (κ2) is 11.2. The van der Waals surface area contributed by atoms with Crippen LogP contribution in [0.4, 0.5) is 19.7 Å². The van der Waals surface area contributed by atoms with Crippen molar-refractivity contribution in [3.8, 4) is 0 Å². The van der Waals surface area contributed by atoms with E-state index in [1.807, 2.05) is 0 Å². The Morgan fingerprint density at radius 3 is 2.55 bits per heavy atom. The average molecular weight is 468 g/mol. The summed E-state index contributed by atoms with van der Waals surface area (Å²) in [5, 5.41) is 12.6. The second-order valence-electron chi connectivity index (χ2n) is 6.94. The van der Waals surface area contributed by atoms with E-state index < -0.39 is 23.0 Å². The van der Waals surface area contributed by atoms with Crippen LogP contribution in [-0.2, 0) is 5.75 Å². The molecule has 1 aliphatic carbocycles. The molecule has 0 amide bonds. The van der Waals surface area contributed by atoms with Crippen LogP contribution in [0, 0.1) is 11.6 Å². The molecule has 0 saturated heterocycles. The third-order valence-corrected chi connectivity index (χ3v) is 6.17. The van der Waals surface area contributed by atoms with E-state index in [1.165, 1.54) is 30.7 Å². The van der Waals surface area contributed by atoms with Gasteiger partial charge >= 0.3 is 0 Å². The van der Waals surface area contributed by atoms with Crippen LogP contribution in [0.25, 0.3) is 0 Å². The van der Waals surface area contributed by atoms with Crippen LogP contribution in [0.15, 0.2) is 35.1 Å². The lowest BCUT2D eigenvalue weighted by Gasteiger charge is -2.22. The van der Waals surface area contributed by atoms with E-state index in [2.05, 4.69) is 20.0 Å². The van der Waals surface area contributed by atoms with Crippen molar-refractivity contribution < 1.29 is 18.1 Å². The fraction of sp³-hybridized carbons (Fsp3) is 0.350. The lowest BCUT2D eigenvalue weighted by molar-refractivity contribution is 0.103. The highest BCUT2D eigenvalue weighted by Crippen LogP contribution is 2.31. The number of hydrogen-bond donors (Lipinski definition) is 3. The zero-order valence-corrected chi connectivity index (χ0v) is 18.3. The molecule has 11 heteroatoms. The Labute approximate surface area is 186 Å². The molecule has 166 valence electrons. The van der Waals surface area contributed by atoms with Crippen molar-refractivity contribution in [2.75, 3.05) is 11.1 Å². The maximum absolute atomic E-state index is 13.8. The molecule has 3 aromatic rings. The van der Waals surface area contributed by atoms with E-state index in [9.17, 15) is 13.6 Å². The molecular weight excluding hydrogens is 444 g/mol. The van der Waals surface area contributed by atoms with E-state index in [-0.39, 0.29) is 10.7 Å². The molecule has 0 radical (unpaired) electrons. The van der Waals surface area contributed by atoms with Crippen LogP contribution in [0.3, 0.4) is 0 Å². The monoisotopic (exact) mass is 467 g/mol. The number of carbonyl (C=O) groups excluding carboxylic acids is 1. The first-order valence-electron chi connectivity index (χ1n) is 9.72. The number of rotatable bonds is 6. The van der Waals surface area contributed by atoms with E-state index >= 15 is 0 Å². The van der Waals surface area contributed by atoms with Crippen molar-refractivity contribution in [1.82, 2.24) is 10.1 Å². The highest BCUT2D eigenvalue weighted by molar-refractivity contribution is 7.96. The summed E-state index contributed by atoms with van der Waals surface area (Å²) >= 11 is 2.28. The van der Waals surface area contributed by atoms with Gasteiger partial charge in [0.15, 0.2) is 5.13 Å². The number of nitrogens with two attached hydrogens (primary N) is 2. The summed E-state index contributed by atoms with van der Waals surface area (Å²) in [5.41, 5.74) is 6.07. The van der Waals surface area contributed by atoms with E-state index in [0.717, 1.165) is 60.6 Å². The van der Waals surface area contributed by atoms with Crippen LogP contribution < -0.4 is 16.2 Å². The Bertz CT molecular complexity index is 971. The van der Waals surface area contributed by atoms with Crippen molar-refractivity contribution in [2.45, 2.75) is 43.9 Å². The molecule has 2 heterocycles. The van der Waals surface area contributed by atoms with Gasteiger partial charge in [-0.15, -0.1) is 0 Å². The highest BCUT2D eigenvalue weighted by Gasteiger charge is 2.25.